The van der Waals surface area contributed by atoms with Gasteiger partial charge in [-0.1, -0.05) is 0 Å². The van der Waals surface area contributed by atoms with Crippen LogP contribution < -0.4 is 0 Å². The molecular weight excluding hydrogens is 328 g/mol. The Labute approximate surface area is 133 Å². The van der Waals surface area contributed by atoms with Crippen LogP contribution in [-0.2, 0) is 28.8 Å². The molecule has 128 valence electrons. The normalized spacial score (nSPS) is 42.8. The van der Waals surface area contributed by atoms with Gasteiger partial charge in [0.25, 0.3) is 0 Å². The molecule has 4 bridgehead atoms. The second-order valence-corrected chi connectivity index (χ2v) is 6.72. The van der Waals surface area contributed by atoms with Gasteiger partial charge in [0.05, 0.1) is 5.92 Å². The van der Waals surface area contributed by atoms with E-state index in [1.54, 1.807) is 0 Å². The van der Waals surface area contributed by atoms with Crippen molar-refractivity contribution in [2.75, 3.05) is 0 Å². The zero-order valence-corrected chi connectivity index (χ0v) is 12.0. The molecule has 0 unspecified atom stereocenters. The van der Waals surface area contributed by atoms with Crippen molar-refractivity contribution in [2.24, 2.45) is 28.1 Å². The fourth-order valence-corrected chi connectivity index (χ4v) is 4.87. The minimum absolute atomic E-state index is 0.693. The van der Waals surface area contributed by atoms with E-state index in [2.05, 4.69) is 0 Å². The number of Topliss-reactive ketones (excluding diaryl/α,β-unsaturated/α-hetero) is 2. The van der Waals surface area contributed by atoms with E-state index in [9.17, 15) is 49.2 Å². The molecule has 4 aliphatic carbocycles. The molecule has 5 atom stereocenters. The number of carbonyl (C=O) groups excluding carboxylic acids is 2. The summed E-state index contributed by atoms with van der Waals surface area (Å²) in [5.41, 5.74) is -7.49. The van der Waals surface area contributed by atoms with Crippen LogP contribution in [0.25, 0.3) is 0 Å². The third-order valence-corrected chi connectivity index (χ3v) is 5.80. The highest BCUT2D eigenvalue weighted by Crippen LogP contribution is 2.68. The summed E-state index contributed by atoms with van der Waals surface area (Å²) in [4.78, 5) is 72.1. The first-order chi connectivity index (χ1) is 11.0. The molecule has 0 amide bonds. The Bertz CT molecular complexity index is 739. The van der Waals surface area contributed by atoms with E-state index in [0.29, 0.717) is 0 Å². The summed E-state index contributed by atoms with van der Waals surface area (Å²) >= 11 is 0. The van der Waals surface area contributed by atoms with Crippen LogP contribution in [0.1, 0.15) is 19.3 Å². The van der Waals surface area contributed by atoms with Gasteiger partial charge in [0.2, 0.25) is 0 Å². The number of hydrogen-bond donors (Lipinski definition) is 4. The maximum absolute atomic E-state index is 12.8. The summed E-state index contributed by atoms with van der Waals surface area (Å²) in [5.74, 6) is -13.1. The SMILES string of the molecule is O=C(O)[C@@H]1[C@H]2C[C@@]3(C(=O)O)C[C@@](C(=O)O)(C[C@@]1(C(=O)O)C3=O)C2=O. The number of carbonyl (C=O) groups is 6. The monoisotopic (exact) mass is 340 g/mol. The van der Waals surface area contributed by atoms with Crippen molar-refractivity contribution < 1.29 is 49.2 Å². The van der Waals surface area contributed by atoms with Crippen LogP contribution >= 0.6 is 0 Å². The maximum Gasteiger partial charge on any atom is 0.318 e. The van der Waals surface area contributed by atoms with E-state index in [0.717, 1.165) is 0 Å². The van der Waals surface area contributed by atoms with Crippen molar-refractivity contribution in [3.05, 3.63) is 0 Å². The number of carboxylic acid groups (broad SMARTS) is 4. The molecule has 4 N–H and O–H groups in total. The van der Waals surface area contributed by atoms with Crippen molar-refractivity contribution in [1.29, 1.82) is 0 Å². The quantitative estimate of drug-likeness (QED) is 0.456. The predicted molar refractivity (Wildman–Crippen MR) is 68.7 cm³/mol. The lowest BCUT2D eigenvalue weighted by Gasteiger charge is -2.61. The Morgan fingerprint density at radius 1 is 0.833 bits per heavy atom. The first kappa shape index (κ1) is 16.1. The van der Waals surface area contributed by atoms with Crippen molar-refractivity contribution in [3.8, 4) is 0 Å². The molecule has 0 aromatic heterocycles. The molecule has 24 heavy (non-hydrogen) atoms. The summed E-state index contributed by atoms with van der Waals surface area (Å²) < 4.78 is 0. The molecule has 4 saturated carbocycles. The number of hydrogen-bond acceptors (Lipinski definition) is 6. The fourth-order valence-electron chi connectivity index (χ4n) is 4.87. The molecule has 0 aliphatic heterocycles. The molecule has 4 rings (SSSR count). The standard InChI is InChI=1S/C14H12O10/c15-6-4-1-12(9(19)20)2-13(6,10(21)22)3-14(8(12)18,11(23)24)5(4)7(16)17/h4-5H,1-3H2,(H,16,17)(H,19,20)(H,21,22)(H,23,24)/t4-,5+,12-,13-,14+/m1/s1. The second-order valence-electron chi connectivity index (χ2n) is 6.72. The Hall–Kier alpha value is -2.78. The van der Waals surface area contributed by atoms with Gasteiger partial charge in [-0.15, -0.1) is 0 Å². The summed E-state index contributed by atoms with van der Waals surface area (Å²) in [7, 11) is 0. The Morgan fingerprint density at radius 2 is 1.38 bits per heavy atom. The van der Waals surface area contributed by atoms with Gasteiger partial charge in [-0.3, -0.25) is 28.8 Å². The highest BCUT2D eigenvalue weighted by Gasteiger charge is 2.83. The lowest BCUT2D eigenvalue weighted by molar-refractivity contribution is -0.216. The summed E-state index contributed by atoms with van der Waals surface area (Å²) in [6.07, 6.45) is -2.58. The third-order valence-electron chi connectivity index (χ3n) is 5.80. The van der Waals surface area contributed by atoms with E-state index < -0.39 is 82.8 Å². The van der Waals surface area contributed by atoms with E-state index in [4.69, 9.17) is 0 Å². The number of ketones is 2. The maximum atomic E-state index is 12.8. The Kier molecular flexibility index (Phi) is 2.81. The Morgan fingerprint density at radius 3 is 1.79 bits per heavy atom. The van der Waals surface area contributed by atoms with Gasteiger partial charge in [-0.05, 0) is 19.3 Å². The van der Waals surface area contributed by atoms with E-state index >= 15 is 0 Å². The van der Waals surface area contributed by atoms with Gasteiger partial charge >= 0.3 is 23.9 Å². The van der Waals surface area contributed by atoms with Gasteiger partial charge < -0.3 is 20.4 Å². The molecule has 0 aromatic rings. The molecule has 4 aliphatic rings. The molecule has 0 spiro atoms. The zero-order valence-electron chi connectivity index (χ0n) is 12.0. The van der Waals surface area contributed by atoms with Crippen LogP contribution in [0.4, 0.5) is 0 Å². The van der Waals surface area contributed by atoms with Crippen LogP contribution in [0.5, 0.6) is 0 Å². The molecule has 4 fully saturated rings. The van der Waals surface area contributed by atoms with E-state index in [-0.39, 0.29) is 0 Å². The van der Waals surface area contributed by atoms with Crippen molar-refractivity contribution >= 4 is 35.4 Å². The number of rotatable bonds is 4. The highest BCUT2D eigenvalue weighted by atomic mass is 16.4. The van der Waals surface area contributed by atoms with Crippen LogP contribution in [0.2, 0.25) is 0 Å². The minimum Gasteiger partial charge on any atom is -0.481 e. The Balaban J connectivity index is 2.38. The first-order valence-electron chi connectivity index (χ1n) is 6.99. The number of aliphatic carboxylic acids is 4. The number of carboxylic acids is 4. The summed E-state index contributed by atoms with van der Waals surface area (Å²) in [5, 5.41) is 37.9. The van der Waals surface area contributed by atoms with Crippen molar-refractivity contribution in [1.82, 2.24) is 0 Å². The van der Waals surface area contributed by atoms with Gasteiger partial charge in [-0.2, -0.15) is 0 Å². The van der Waals surface area contributed by atoms with Crippen LogP contribution in [0.3, 0.4) is 0 Å². The third kappa shape index (κ3) is 1.37. The van der Waals surface area contributed by atoms with E-state index in [1.165, 1.54) is 0 Å². The van der Waals surface area contributed by atoms with Crippen LogP contribution in [-0.4, -0.2) is 55.9 Å². The van der Waals surface area contributed by atoms with Gasteiger partial charge in [0.1, 0.15) is 16.2 Å². The molecule has 10 nitrogen and oxygen atoms in total. The second kappa shape index (κ2) is 4.19. The minimum atomic E-state index is -2.74. The smallest absolute Gasteiger partial charge is 0.318 e. The lowest BCUT2D eigenvalue weighted by Crippen LogP contribution is -2.76. The molecule has 0 aromatic carbocycles. The molecule has 0 radical (unpaired) electrons. The first-order valence-corrected chi connectivity index (χ1v) is 6.99. The van der Waals surface area contributed by atoms with Gasteiger partial charge in [0, 0.05) is 5.92 Å². The van der Waals surface area contributed by atoms with Crippen LogP contribution in [0, 0.1) is 28.1 Å². The van der Waals surface area contributed by atoms with E-state index in [1.807, 2.05) is 0 Å². The predicted octanol–water partition coefficient (Wildman–Crippen LogP) is -1.13. The van der Waals surface area contributed by atoms with Crippen LogP contribution in [0.15, 0.2) is 0 Å². The van der Waals surface area contributed by atoms with Crippen molar-refractivity contribution in [2.45, 2.75) is 19.3 Å². The fraction of sp³-hybridized carbons (Fsp3) is 0.571. The summed E-state index contributed by atoms with van der Waals surface area (Å²) in [6, 6.07) is 0. The van der Waals surface area contributed by atoms with Gasteiger partial charge in [0.15, 0.2) is 11.6 Å². The zero-order chi connectivity index (χ0) is 18.2. The average Bonchev–Trinajstić information content (AvgIpc) is 2.45. The topological polar surface area (TPSA) is 183 Å². The van der Waals surface area contributed by atoms with Gasteiger partial charge in [-0.25, -0.2) is 0 Å². The molecule has 0 saturated heterocycles. The molecule has 0 heterocycles. The molecular formula is C14H12O10. The highest BCUT2D eigenvalue weighted by molar-refractivity contribution is 6.24. The molecule has 10 heteroatoms. The van der Waals surface area contributed by atoms with Crippen molar-refractivity contribution in [3.63, 3.8) is 0 Å². The lowest BCUT2D eigenvalue weighted by atomic mass is 9.35. The summed E-state index contributed by atoms with van der Waals surface area (Å²) in [6.45, 7) is 0. The largest absolute Gasteiger partial charge is 0.481 e. The average molecular weight is 340 g/mol.